The van der Waals surface area contributed by atoms with Gasteiger partial charge in [-0.1, -0.05) is 65.7 Å². The van der Waals surface area contributed by atoms with Crippen LogP contribution in [0.1, 0.15) is 60.7 Å². The first-order chi connectivity index (χ1) is 15.8. The van der Waals surface area contributed by atoms with Gasteiger partial charge in [-0.2, -0.15) is 0 Å². The zero-order valence-electron chi connectivity index (χ0n) is 17.4. The third kappa shape index (κ3) is 4.40. The highest BCUT2D eigenvalue weighted by Gasteiger charge is 2.33. The number of ether oxygens (including phenoxy) is 1. The van der Waals surface area contributed by atoms with Gasteiger partial charge in [0.2, 0.25) is 0 Å². The number of amides is 1. The summed E-state index contributed by atoms with van der Waals surface area (Å²) in [6.07, 6.45) is 0. The van der Waals surface area contributed by atoms with Gasteiger partial charge >= 0.3 is 5.97 Å². The highest BCUT2D eigenvalue weighted by atomic mass is 35.5. The number of ketones is 2. The van der Waals surface area contributed by atoms with Gasteiger partial charge in [0.15, 0.2) is 18.2 Å². The highest BCUT2D eigenvalue weighted by Crippen LogP contribution is 2.30. The van der Waals surface area contributed by atoms with Crippen LogP contribution < -0.4 is 5.32 Å². The Balaban J connectivity index is 1.48. The lowest BCUT2D eigenvalue weighted by atomic mass is 9.82. The first kappa shape index (κ1) is 22.7. The molecule has 3 aromatic rings. The monoisotopic (exact) mass is 481 g/mol. The number of hydrogen-bond donors (Lipinski definition) is 1. The van der Waals surface area contributed by atoms with Crippen LogP contribution in [0, 0.1) is 0 Å². The van der Waals surface area contributed by atoms with Crippen molar-refractivity contribution >= 4 is 46.6 Å². The van der Waals surface area contributed by atoms with Crippen LogP contribution in [-0.4, -0.2) is 30.0 Å². The van der Waals surface area contributed by atoms with E-state index in [2.05, 4.69) is 5.32 Å². The smallest absolute Gasteiger partial charge is 0.339 e. The van der Waals surface area contributed by atoms with Crippen molar-refractivity contribution in [1.82, 2.24) is 5.32 Å². The van der Waals surface area contributed by atoms with E-state index in [4.69, 9.17) is 27.9 Å². The Bertz CT molecular complexity index is 1320. The van der Waals surface area contributed by atoms with E-state index in [9.17, 15) is 19.2 Å². The summed E-state index contributed by atoms with van der Waals surface area (Å²) in [6.45, 7) is 1.15. The van der Waals surface area contributed by atoms with E-state index in [1.165, 1.54) is 24.3 Å². The maximum absolute atomic E-state index is 13.0. The Labute approximate surface area is 199 Å². The van der Waals surface area contributed by atoms with Crippen molar-refractivity contribution in [3.63, 3.8) is 0 Å². The second kappa shape index (κ2) is 9.17. The standard InChI is InChI=1S/C25H17Cl2NO5/c1-13(15-10-9-14(26)11-20(15)27)28-21(29)12-33-25(32)19-8-4-7-18-22(19)24(31)17-6-3-2-5-16(17)23(18)30/h2-11,13H,12H2,1H3,(H,28,29). The van der Waals surface area contributed by atoms with E-state index < -0.39 is 30.3 Å². The Morgan fingerprint density at radius 1 is 0.909 bits per heavy atom. The van der Waals surface area contributed by atoms with Gasteiger partial charge in [0.25, 0.3) is 5.91 Å². The SMILES string of the molecule is CC(NC(=O)COC(=O)c1cccc2c1C(=O)c1ccccc1C2=O)c1ccc(Cl)cc1Cl. The van der Waals surface area contributed by atoms with Crippen LogP contribution in [-0.2, 0) is 9.53 Å². The molecule has 6 nitrogen and oxygen atoms in total. The fourth-order valence-electron chi connectivity index (χ4n) is 3.74. The molecule has 0 fully saturated rings. The van der Waals surface area contributed by atoms with Crippen LogP contribution in [0.3, 0.4) is 0 Å². The Morgan fingerprint density at radius 3 is 2.27 bits per heavy atom. The molecular formula is C25H17Cl2NO5. The van der Waals surface area contributed by atoms with Crippen molar-refractivity contribution in [2.24, 2.45) is 0 Å². The first-order valence-electron chi connectivity index (χ1n) is 10.0. The van der Waals surface area contributed by atoms with Crippen LogP contribution in [0.25, 0.3) is 0 Å². The summed E-state index contributed by atoms with van der Waals surface area (Å²) < 4.78 is 5.15. The van der Waals surface area contributed by atoms with E-state index in [1.807, 2.05) is 0 Å². The molecule has 0 aliphatic heterocycles. The van der Waals surface area contributed by atoms with Crippen molar-refractivity contribution < 1.29 is 23.9 Å². The molecule has 33 heavy (non-hydrogen) atoms. The number of carbonyl (C=O) groups excluding carboxylic acids is 4. The normalized spacial score (nSPS) is 13.1. The zero-order valence-corrected chi connectivity index (χ0v) is 18.9. The molecule has 4 rings (SSSR count). The Hall–Kier alpha value is -3.48. The van der Waals surface area contributed by atoms with E-state index in [0.717, 1.165) is 0 Å². The number of esters is 1. The topological polar surface area (TPSA) is 89.5 Å². The van der Waals surface area contributed by atoms with Crippen LogP contribution in [0.5, 0.6) is 0 Å². The third-order valence-electron chi connectivity index (χ3n) is 5.31. The predicted molar refractivity (Wildman–Crippen MR) is 123 cm³/mol. The van der Waals surface area contributed by atoms with Crippen LogP contribution in [0.2, 0.25) is 10.0 Å². The van der Waals surface area contributed by atoms with E-state index in [-0.39, 0.29) is 33.6 Å². The number of halogens is 2. The summed E-state index contributed by atoms with van der Waals surface area (Å²) >= 11 is 12.1. The minimum absolute atomic E-state index is 0.0204. The lowest BCUT2D eigenvalue weighted by Gasteiger charge is -2.19. The molecule has 0 saturated carbocycles. The van der Waals surface area contributed by atoms with E-state index in [1.54, 1.807) is 43.3 Å². The van der Waals surface area contributed by atoms with Gasteiger partial charge in [-0.05, 0) is 30.7 Å². The largest absolute Gasteiger partial charge is 0.452 e. The number of rotatable bonds is 5. The van der Waals surface area contributed by atoms with Crippen LogP contribution in [0.15, 0.2) is 60.7 Å². The lowest BCUT2D eigenvalue weighted by Crippen LogP contribution is -2.31. The molecule has 1 amide bonds. The molecule has 166 valence electrons. The van der Waals surface area contributed by atoms with Gasteiger partial charge in [0.05, 0.1) is 11.6 Å². The lowest BCUT2D eigenvalue weighted by molar-refractivity contribution is -0.124. The number of hydrogen-bond acceptors (Lipinski definition) is 5. The van der Waals surface area contributed by atoms with Gasteiger partial charge in [0, 0.05) is 32.3 Å². The van der Waals surface area contributed by atoms with Gasteiger partial charge in [-0.25, -0.2) is 4.79 Å². The summed E-state index contributed by atoms with van der Waals surface area (Å²) in [5.41, 5.74) is 1.20. The molecule has 1 N–H and O–H groups in total. The van der Waals surface area contributed by atoms with Crippen molar-refractivity contribution in [1.29, 1.82) is 0 Å². The quantitative estimate of drug-likeness (QED) is 0.413. The molecule has 1 aliphatic rings. The van der Waals surface area contributed by atoms with Crippen molar-refractivity contribution in [2.75, 3.05) is 6.61 Å². The molecular weight excluding hydrogens is 465 g/mol. The van der Waals surface area contributed by atoms with Gasteiger partial charge in [-0.3, -0.25) is 14.4 Å². The number of fused-ring (bicyclic) bond motifs is 2. The van der Waals surface area contributed by atoms with Gasteiger partial charge in [0.1, 0.15) is 0 Å². The minimum Gasteiger partial charge on any atom is -0.452 e. The predicted octanol–water partition coefficient (Wildman–Crippen LogP) is 4.80. The fourth-order valence-corrected chi connectivity index (χ4v) is 4.31. The van der Waals surface area contributed by atoms with Crippen LogP contribution in [0.4, 0.5) is 0 Å². The fraction of sp³-hybridized carbons (Fsp3) is 0.120. The summed E-state index contributed by atoms with van der Waals surface area (Å²) in [5.74, 6) is -2.22. The first-order valence-corrected chi connectivity index (χ1v) is 10.8. The molecule has 3 aromatic carbocycles. The molecule has 1 unspecified atom stereocenters. The summed E-state index contributed by atoms with van der Waals surface area (Å²) in [5, 5.41) is 3.56. The van der Waals surface area contributed by atoms with Crippen molar-refractivity contribution in [3.8, 4) is 0 Å². The second-order valence-electron chi connectivity index (χ2n) is 7.46. The number of benzene rings is 3. The third-order valence-corrected chi connectivity index (χ3v) is 5.88. The molecule has 1 atom stereocenters. The summed E-state index contributed by atoms with van der Waals surface area (Å²) in [6, 6.07) is 15.3. The highest BCUT2D eigenvalue weighted by molar-refractivity contribution is 6.35. The maximum atomic E-state index is 13.0. The Kier molecular flexibility index (Phi) is 6.31. The number of carbonyl (C=O) groups is 4. The summed E-state index contributed by atoms with van der Waals surface area (Å²) in [7, 11) is 0. The van der Waals surface area contributed by atoms with Crippen molar-refractivity contribution in [3.05, 3.63) is 104 Å². The molecule has 0 spiro atoms. The summed E-state index contributed by atoms with van der Waals surface area (Å²) in [4.78, 5) is 50.9. The maximum Gasteiger partial charge on any atom is 0.339 e. The molecule has 0 saturated heterocycles. The Morgan fingerprint density at radius 2 is 1.58 bits per heavy atom. The molecule has 0 aromatic heterocycles. The average Bonchev–Trinajstić information content (AvgIpc) is 2.80. The van der Waals surface area contributed by atoms with E-state index in [0.29, 0.717) is 15.6 Å². The second-order valence-corrected chi connectivity index (χ2v) is 8.31. The minimum atomic E-state index is -0.875. The zero-order chi connectivity index (χ0) is 23.7. The molecule has 8 heteroatoms. The molecule has 0 bridgehead atoms. The average molecular weight is 482 g/mol. The van der Waals surface area contributed by atoms with Gasteiger partial charge in [-0.15, -0.1) is 0 Å². The molecule has 0 radical (unpaired) electrons. The number of nitrogens with one attached hydrogen (secondary N) is 1. The van der Waals surface area contributed by atoms with Crippen LogP contribution >= 0.6 is 23.2 Å². The van der Waals surface area contributed by atoms with Crippen molar-refractivity contribution in [2.45, 2.75) is 13.0 Å². The van der Waals surface area contributed by atoms with E-state index >= 15 is 0 Å². The van der Waals surface area contributed by atoms with Gasteiger partial charge < -0.3 is 10.1 Å². The molecule has 0 heterocycles. The molecule has 1 aliphatic carbocycles.